The number of likely N-dealkylation sites (tertiary alicyclic amines) is 1. The minimum atomic E-state index is 0.0352. The van der Waals surface area contributed by atoms with E-state index in [1.165, 1.54) is 19.3 Å². The average Bonchev–Trinajstić information content (AvgIpc) is 2.79. The van der Waals surface area contributed by atoms with Crippen molar-refractivity contribution in [3.05, 3.63) is 36.0 Å². The van der Waals surface area contributed by atoms with E-state index >= 15 is 0 Å². The molecule has 2 fully saturated rings. The van der Waals surface area contributed by atoms with Crippen molar-refractivity contribution in [1.29, 1.82) is 5.26 Å². The maximum atomic E-state index is 12.5. The van der Waals surface area contributed by atoms with Crippen molar-refractivity contribution < 1.29 is 4.79 Å². The van der Waals surface area contributed by atoms with Gasteiger partial charge in [-0.15, -0.1) is 0 Å². The van der Waals surface area contributed by atoms with Gasteiger partial charge in [-0.25, -0.2) is 4.79 Å². The van der Waals surface area contributed by atoms with E-state index in [1.807, 2.05) is 29.2 Å². The number of urea groups is 1. The summed E-state index contributed by atoms with van der Waals surface area (Å²) in [5, 5.41) is 13.4. The third kappa shape index (κ3) is 4.43. The number of hydrogen-bond donors (Lipinski definition) is 1. The van der Waals surface area contributed by atoms with Gasteiger partial charge in [-0.3, -0.25) is 4.98 Å². The van der Waals surface area contributed by atoms with Crippen LogP contribution in [0.15, 0.2) is 30.5 Å². The number of carbonyl (C=O) groups is 1. The maximum absolute atomic E-state index is 12.5. The molecule has 29 heavy (non-hydrogen) atoms. The van der Waals surface area contributed by atoms with Gasteiger partial charge < -0.3 is 20.0 Å². The highest BCUT2D eigenvalue weighted by atomic mass is 16.2. The van der Waals surface area contributed by atoms with Crippen LogP contribution in [0.4, 0.5) is 10.5 Å². The highest BCUT2D eigenvalue weighted by Crippen LogP contribution is 2.28. The Kier molecular flexibility index (Phi) is 6.11. The molecule has 0 unspecified atom stereocenters. The van der Waals surface area contributed by atoms with Gasteiger partial charge in [0.15, 0.2) is 0 Å². The van der Waals surface area contributed by atoms with Gasteiger partial charge in [0, 0.05) is 56.5 Å². The Hall–Kier alpha value is -2.85. The Balaban J connectivity index is 1.32. The van der Waals surface area contributed by atoms with E-state index in [1.54, 1.807) is 6.20 Å². The Bertz CT molecular complexity index is 894. The molecule has 0 saturated carbocycles. The summed E-state index contributed by atoms with van der Waals surface area (Å²) in [7, 11) is 0. The largest absolute Gasteiger partial charge is 0.367 e. The van der Waals surface area contributed by atoms with Crippen molar-refractivity contribution in [3.63, 3.8) is 0 Å². The molecule has 0 aliphatic carbocycles. The van der Waals surface area contributed by atoms with Crippen LogP contribution < -0.4 is 10.2 Å². The van der Waals surface area contributed by atoms with Crippen LogP contribution >= 0.6 is 0 Å². The molecule has 0 atom stereocenters. The van der Waals surface area contributed by atoms with Crippen LogP contribution in [0.3, 0.4) is 0 Å². The van der Waals surface area contributed by atoms with E-state index in [0.717, 1.165) is 49.3 Å². The van der Waals surface area contributed by atoms with E-state index in [0.29, 0.717) is 25.2 Å². The molecule has 7 nitrogen and oxygen atoms in total. The molecule has 2 amide bonds. The number of pyridine rings is 1. The summed E-state index contributed by atoms with van der Waals surface area (Å²) in [6.45, 7) is 6.89. The quantitative estimate of drug-likeness (QED) is 0.865. The molecule has 2 aliphatic heterocycles. The van der Waals surface area contributed by atoms with Crippen molar-refractivity contribution in [2.45, 2.75) is 19.3 Å². The van der Waals surface area contributed by atoms with Gasteiger partial charge in [-0.05, 0) is 50.2 Å². The zero-order chi connectivity index (χ0) is 20.1. The van der Waals surface area contributed by atoms with Crippen molar-refractivity contribution in [3.8, 4) is 6.07 Å². The topological polar surface area (TPSA) is 75.5 Å². The van der Waals surface area contributed by atoms with Gasteiger partial charge in [0.1, 0.15) is 6.07 Å². The SMILES string of the molecule is N#Cc1ccc(N2CCN(C(=O)NCCN3CCCCC3)CC2)c2cccnc12. The minimum absolute atomic E-state index is 0.0352. The Morgan fingerprint density at radius 2 is 1.86 bits per heavy atom. The summed E-state index contributed by atoms with van der Waals surface area (Å²) in [5.41, 5.74) is 2.42. The van der Waals surface area contributed by atoms with Gasteiger partial charge in [-0.2, -0.15) is 5.26 Å². The maximum Gasteiger partial charge on any atom is 0.317 e. The molecule has 0 bridgehead atoms. The number of hydrogen-bond acceptors (Lipinski definition) is 5. The Morgan fingerprint density at radius 3 is 2.62 bits per heavy atom. The normalized spacial score (nSPS) is 17.9. The second kappa shape index (κ2) is 9.10. The fourth-order valence-corrected chi connectivity index (χ4v) is 4.29. The Morgan fingerprint density at radius 1 is 1.07 bits per heavy atom. The predicted octanol–water partition coefficient (Wildman–Crippen LogP) is 2.42. The first-order chi connectivity index (χ1) is 14.3. The van der Waals surface area contributed by atoms with Crippen molar-refractivity contribution >= 4 is 22.6 Å². The number of piperidine rings is 1. The first kappa shape index (κ1) is 19.5. The van der Waals surface area contributed by atoms with E-state index in [4.69, 9.17) is 0 Å². The molecule has 2 aromatic rings. The molecule has 4 rings (SSSR count). The standard InChI is InChI=1S/C22H28N6O/c23-17-18-6-7-20(19-5-4-8-24-21(18)19)27-13-15-28(16-14-27)22(29)25-9-12-26-10-2-1-3-11-26/h4-8H,1-3,9-16H2,(H,25,29). The molecular weight excluding hydrogens is 364 g/mol. The van der Waals surface area contributed by atoms with Crippen molar-refractivity contribution in [1.82, 2.24) is 20.1 Å². The van der Waals surface area contributed by atoms with Gasteiger partial charge in [0.25, 0.3) is 0 Å². The fraction of sp³-hybridized carbons (Fsp3) is 0.500. The molecule has 2 saturated heterocycles. The number of nitrogens with zero attached hydrogens (tertiary/aromatic N) is 5. The molecule has 7 heteroatoms. The zero-order valence-electron chi connectivity index (χ0n) is 16.8. The first-order valence-electron chi connectivity index (χ1n) is 10.5. The number of fused-ring (bicyclic) bond motifs is 1. The third-order valence-corrected chi connectivity index (χ3v) is 5.93. The van der Waals surface area contributed by atoms with E-state index in [-0.39, 0.29) is 6.03 Å². The summed E-state index contributed by atoms with van der Waals surface area (Å²) in [6, 6.07) is 10.0. The third-order valence-electron chi connectivity index (χ3n) is 5.93. The number of nitriles is 1. The predicted molar refractivity (Wildman–Crippen MR) is 114 cm³/mol. The van der Waals surface area contributed by atoms with Crippen molar-refractivity contribution in [2.75, 3.05) is 57.3 Å². The van der Waals surface area contributed by atoms with Crippen LogP contribution in [-0.2, 0) is 0 Å². The molecule has 3 heterocycles. The summed E-state index contributed by atoms with van der Waals surface area (Å²) < 4.78 is 0. The molecule has 0 spiro atoms. The van der Waals surface area contributed by atoms with Crippen LogP contribution in [0.5, 0.6) is 0 Å². The summed E-state index contributed by atoms with van der Waals surface area (Å²) >= 11 is 0. The zero-order valence-corrected chi connectivity index (χ0v) is 16.8. The molecule has 1 aromatic carbocycles. The second-order valence-electron chi connectivity index (χ2n) is 7.75. The van der Waals surface area contributed by atoms with Crippen LogP contribution in [0.1, 0.15) is 24.8 Å². The number of aromatic nitrogens is 1. The number of carbonyl (C=O) groups excluding carboxylic acids is 1. The molecule has 152 valence electrons. The number of anilines is 1. The van der Waals surface area contributed by atoms with Crippen molar-refractivity contribution in [2.24, 2.45) is 0 Å². The minimum Gasteiger partial charge on any atom is -0.367 e. The fourth-order valence-electron chi connectivity index (χ4n) is 4.29. The molecule has 1 N–H and O–H groups in total. The van der Waals surface area contributed by atoms with Gasteiger partial charge in [0.05, 0.1) is 11.1 Å². The average molecular weight is 393 g/mol. The monoisotopic (exact) mass is 392 g/mol. The number of piperazine rings is 1. The smallest absolute Gasteiger partial charge is 0.317 e. The van der Waals surface area contributed by atoms with Crippen LogP contribution in [0.2, 0.25) is 0 Å². The van der Waals surface area contributed by atoms with Crippen LogP contribution in [0, 0.1) is 11.3 Å². The molecule has 2 aliphatic rings. The van der Waals surface area contributed by atoms with Crippen LogP contribution in [0.25, 0.3) is 10.9 Å². The van der Waals surface area contributed by atoms with E-state index in [9.17, 15) is 10.1 Å². The second-order valence-corrected chi connectivity index (χ2v) is 7.75. The highest BCUT2D eigenvalue weighted by molar-refractivity contribution is 5.95. The molecule has 0 radical (unpaired) electrons. The number of nitrogens with one attached hydrogen (secondary N) is 1. The summed E-state index contributed by atoms with van der Waals surface area (Å²) in [5.74, 6) is 0. The van der Waals surface area contributed by atoms with E-state index in [2.05, 4.69) is 26.2 Å². The summed E-state index contributed by atoms with van der Waals surface area (Å²) in [6.07, 6.45) is 5.60. The lowest BCUT2D eigenvalue weighted by atomic mass is 10.1. The van der Waals surface area contributed by atoms with Gasteiger partial charge >= 0.3 is 6.03 Å². The summed E-state index contributed by atoms with van der Waals surface area (Å²) in [4.78, 5) is 23.5. The number of benzene rings is 1. The highest BCUT2D eigenvalue weighted by Gasteiger charge is 2.23. The molecule has 1 aromatic heterocycles. The molecular formula is C22H28N6O. The van der Waals surface area contributed by atoms with E-state index < -0.39 is 0 Å². The van der Waals surface area contributed by atoms with Gasteiger partial charge in [0.2, 0.25) is 0 Å². The lowest BCUT2D eigenvalue weighted by Gasteiger charge is -2.36. The van der Waals surface area contributed by atoms with Gasteiger partial charge in [-0.1, -0.05) is 6.42 Å². The lowest BCUT2D eigenvalue weighted by molar-refractivity contribution is 0.188. The van der Waals surface area contributed by atoms with Crippen LogP contribution in [-0.4, -0.2) is 73.2 Å². The Labute approximate surface area is 171 Å². The lowest BCUT2D eigenvalue weighted by Crippen LogP contribution is -2.52. The first-order valence-corrected chi connectivity index (χ1v) is 10.5. The number of amides is 2. The number of rotatable bonds is 4.